The number of para-hydroxylation sites is 2. The second-order valence-electron chi connectivity index (χ2n) is 3.95. The predicted octanol–water partition coefficient (Wildman–Crippen LogP) is 1.98. The average Bonchev–Trinajstić information content (AvgIpc) is 2.76. The van der Waals surface area contributed by atoms with Crippen molar-refractivity contribution >= 4 is 11.4 Å². The molecule has 1 aromatic heterocycles. The molecule has 0 saturated carbocycles. The molecule has 0 amide bonds. The number of nitro groups is 1. The standard InChI is InChI=1S/C12H14N4O2/c1-15-9-13-8-10(15)6-7-14-11-4-2-3-5-12(11)16(17)18/h2-5,8-9,14H,6-7H2,1H3. The van der Waals surface area contributed by atoms with E-state index in [1.807, 2.05) is 11.6 Å². The normalized spacial score (nSPS) is 10.3. The first-order chi connectivity index (χ1) is 8.68. The van der Waals surface area contributed by atoms with Crippen LogP contribution in [0.4, 0.5) is 11.4 Å². The molecule has 1 aromatic carbocycles. The minimum atomic E-state index is -0.383. The van der Waals surface area contributed by atoms with Crippen molar-refractivity contribution in [3.63, 3.8) is 0 Å². The topological polar surface area (TPSA) is 73.0 Å². The first-order valence-corrected chi connectivity index (χ1v) is 5.61. The number of nitro benzene ring substituents is 1. The number of hydrogen-bond acceptors (Lipinski definition) is 4. The van der Waals surface area contributed by atoms with Gasteiger partial charge >= 0.3 is 0 Å². The Morgan fingerprint density at radius 2 is 2.22 bits per heavy atom. The number of rotatable bonds is 5. The molecule has 0 radical (unpaired) electrons. The van der Waals surface area contributed by atoms with Gasteiger partial charge in [-0.3, -0.25) is 10.1 Å². The summed E-state index contributed by atoms with van der Waals surface area (Å²) in [6, 6.07) is 6.64. The van der Waals surface area contributed by atoms with Crippen LogP contribution in [-0.4, -0.2) is 21.0 Å². The second kappa shape index (κ2) is 5.31. The summed E-state index contributed by atoms with van der Waals surface area (Å²) in [5.41, 5.74) is 1.73. The highest BCUT2D eigenvalue weighted by Gasteiger charge is 2.11. The van der Waals surface area contributed by atoms with Gasteiger partial charge in [0.25, 0.3) is 5.69 Å². The highest BCUT2D eigenvalue weighted by molar-refractivity contribution is 5.61. The maximum absolute atomic E-state index is 10.8. The molecule has 1 heterocycles. The van der Waals surface area contributed by atoms with E-state index >= 15 is 0 Å². The van der Waals surface area contributed by atoms with Crippen LogP contribution in [0.1, 0.15) is 5.69 Å². The van der Waals surface area contributed by atoms with Gasteiger partial charge in [-0.15, -0.1) is 0 Å². The molecular weight excluding hydrogens is 232 g/mol. The SMILES string of the molecule is Cn1cncc1CCNc1ccccc1[N+](=O)[O-]. The van der Waals surface area contributed by atoms with Crippen molar-refractivity contribution in [2.24, 2.45) is 7.05 Å². The van der Waals surface area contributed by atoms with E-state index in [1.54, 1.807) is 30.7 Å². The van der Waals surface area contributed by atoms with Gasteiger partial charge in [-0.05, 0) is 6.07 Å². The molecule has 0 aliphatic heterocycles. The monoisotopic (exact) mass is 246 g/mol. The molecule has 6 heteroatoms. The molecule has 0 saturated heterocycles. The third-order valence-electron chi connectivity index (χ3n) is 2.71. The van der Waals surface area contributed by atoms with E-state index in [-0.39, 0.29) is 10.6 Å². The fourth-order valence-corrected chi connectivity index (χ4v) is 1.73. The lowest BCUT2D eigenvalue weighted by Gasteiger charge is -2.07. The van der Waals surface area contributed by atoms with Crippen LogP contribution in [-0.2, 0) is 13.5 Å². The Hall–Kier alpha value is -2.37. The smallest absolute Gasteiger partial charge is 0.292 e. The van der Waals surface area contributed by atoms with Crippen molar-refractivity contribution < 1.29 is 4.92 Å². The van der Waals surface area contributed by atoms with Gasteiger partial charge in [-0.25, -0.2) is 4.98 Å². The summed E-state index contributed by atoms with van der Waals surface area (Å²) >= 11 is 0. The quantitative estimate of drug-likeness (QED) is 0.646. The zero-order valence-corrected chi connectivity index (χ0v) is 10.0. The summed E-state index contributed by atoms with van der Waals surface area (Å²) in [6.07, 6.45) is 4.30. The molecule has 0 aliphatic rings. The van der Waals surface area contributed by atoms with Crippen LogP contribution >= 0.6 is 0 Å². The summed E-state index contributed by atoms with van der Waals surface area (Å²) < 4.78 is 1.93. The molecule has 2 rings (SSSR count). The van der Waals surface area contributed by atoms with Crippen LogP contribution in [0.5, 0.6) is 0 Å². The van der Waals surface area contributed by atoms with Crippen molar-refractivity contribution in [1.82, 2.24) is 9.55 Å². The van der Waals surface area contributed by atoms with Gasteiger partial charge in [-0.2, -0.15) is 0 Å². The number of nitrogens with one attached hydrogen (secondary N) is 1. The average molecular weight is 246 g/mol. The summed E-state index contributed by atoms with van der Waals surface area (Å²) in [5, 5.41) is 13.9. The molecule has 18 heavy (non-hydrogen) atoms. The van der Waals surface area contributed by atoms with Gasteiger partial charge in [0.2, 0.25) is 0 Å². The fraction of sp³-hybridized carbons (Fsp3) is 0.250. The Bertz CT molecular complexity index is 551. The van der Waals surface area contributed by atoms with E-state index < -0.39 is 0 Å². The maximum atomic E-state index is 10.8. The fourth-order valence-electron chi connectivity index (χ4n) is 1.73. The van der Waals surface area contributed by atoms with Gasteiger partial charge in [0.05, 0.1) is 11.3 Å². The Morgan fingerprint density at radius 1 is 1.44 bits per heavy atom. The van der Waals surface area contributed by atoms with Crippen LogP contribution < -0.4 is 5.32 Å². The molecule has 0 aliphatic carbocycles. The Kier molecular flexibility index (Phi) is 3.57. The van der Waals surface area contributed by atoms with Crippen LogP contribution in [0.2, 0.25) is 0 Å². The summed E-state index contributed by atoms with van der Waals surface area (Å²) in [7, 11) is 1.92. The molecule has 0 atom stereocenters. The van der Waals surface area contributed by atoms with E-state index in [0.717, 1.165) is 12.1 Å². The number of benzene rings is 1. The Morgan fingerprint density at radius 3 is 2.89 bits per heavy atom. The lowest BCUT2D eigenvalue weighted by atomic mass is 10.2. The maximum Gasteiger partial charge on any atom is 0.292 e. The molecule has 0 bridgehead atoms. The predicted molar refractivity (Wildman–Crippen MR) is 68.5 cm³/mol. The molecule has 0 spiro atoms. The number of nitrogens with zero attached hydrogens (tertiary/aromatic N) is 3. The Balaban J connectivity index is 1.99. The molecule has 1 N–H and O–H groups in total. The summed E-state index contributed by atoms with van der Waals surface area (Å²) in [5.74, 6) is 0. The van der Waals surface area contributed by atoms with Crippen LogP contribution in [0.15, 0.2) is 36.8 Å². The highest BCUT2D eigenvalue weighted by atomic mass is 16.6. The van der Waals surface area contributed by atoms with Crippen molar-refractivity contribution in [2.75, 3.05) is 11.9 Å². The largest absolute Gasteiger partial charge is 0.379 e. The van der Waals surface area contributed by atoms with Gasteiger partial charge in [0, 0.05) is 38.0 Å². The molecular formula is C12H14N4O2. The Labute approximate surface area is 104 Å². The minimum Gasteiger partial charge on any atom is -0.379 e. The van der Waals surface area contributed by atoms with Crippen molar-refractivity contribution in [3.8, 4) is 0 Å². The summed E-state index contributed by atoms with van der Waals surface area (Å²) in [4.78, 5) is 14.5. The van der Waals surface area contributed by atoms with E-state index in [2.05, 4.69) is 10.3 Å². The number of aryl methyl sites for hydroxylation is 1. The van der Waals surface area contributed by atoms with Crippen molar-refractivity contribution in [1.29, 1.82) is 0 Å². The molecule has 6 nitrogen and oxygen atoms in total. The van der Waals surface area contributed by atoms with Crippen LogP contribution in [0.3, 0.4) is 0 Å². The first kappa shape index (κ1) is 12.1. The van der Waals surface area contributed by atoms with Crippen molar-refractivity contribution in [3.05, 3.63) is 52.6 Å². The van der Waals surface area contributed by atoms with Crippen molar-refractivity contribution in [2.45, 2.75) is 6.42 Å². The van der Waals surface area contributed by atoms with Gasteiger partial charge in [0.15, 0.2) is 0 Å². The highest BCUT2D eigenvalue weighted by Crippen LogP contribution is 2.22. The third-order valence-corrected chi connectivity index (χ3v) is 2.71. The zero-order chi connectivity index (χ0) is 13.0. The zero-order valence-electron chi connectivity index (χ0n) is 10.0. The van der Waals surface area contributed by atoms with E-state index in [1.165, 1.54) is 6.07 Å². The van der Waals surface area contributed by atoms with Gasteiger partial charge < -0.3 is 9.88 Å². The molecule has 0 unspecified atom stereocenters. The van der Waals surface area contributed by atoms with E-state index in [0.29, 0.717) is 12.2 Å². The lowest BCUT2D eigenvalue weighted by molar-refractivity contribution is -0.384. The first-order valence-electron chi connectivity index (χ1n) is 5.61. The summed E-state index contributed by atoms with van der Waals surface area (Å²) in [6.45, 7) is 0.629. The van der Waals surface area contributed by atoms with E-state index in [9.17, 15) is 10.1 Å². The van der Waals surface area contributed by atoms with Crippen LogP contribution in [0.25, 0.3) is 0 Å². The molecule has 0 fully saturated rings. The molecule has 94 valence electrons. The lowest BCUT2D eigenvalue weighted by Crippen LogP contribution is -2.08. The third kappa shape index (κ3) is 2.65. The van der Waals surface area contributed by atoms with Crippen LogP contribution in [0, 0.1) is 10.1 Å². The van der Waals surface area contributed by atoms with Gasteiger partial charge in [-0.1, -0.05) is 12.1 Å². The number of aromatic nitrogens is 2. The second-order valence-corrected chi connectivity index (χ2v) is 3.95. The van der Waals surface area contributed by atoms with Gasteiger partial charge in [0.1, 0.15) is 5.69 Å². The number of hydrogen-bond donors (Lipinski definition) is 1. The number of anilines is 1. The van der Waals surface area contributed by atoms with E-state index in [4.69, 9.17) is 0 Å². The molecule has 2 aromatic rings. The number of imidazole rings is 1. The minimum absolute atomic E-state index is 0.0995.